The third-order valence-electron chi connectivity index (χ3n) is 2.24. The first kappa shape index (κ1) is 7.34. The lowest BCUT2D eigenvalue weighted by Crippen LogP contribution is -2.39. The number of fused-ring (bicyclic) bond motifs is 1. The van der Waals surface area contributed by atoms with E-state index in [0.717, 1.165) is 19.5 Å². The van der Waals surface area contributed by atoms with Crippen molar-refractivity contribution in [1.29, 1.82) is 0 Å². The highest BCUT2D eigenvalue weighted by Gasteiger charge is 2.25. The third kappa shape index (κ3) is 0.776. The molecule has 0 aromatic heterocycles. The number of nitrogens with one attached hydrogen (secondary N) is 1. The van der Waals surface area contributed by atoms with Crippen LogP contribution in [0.25, 0.3) is 0 Å². The molecule has 1 N–H and O–H groups in total. The molecule has 0 bridgehead atoms. The molecule has 12 heavy (non-hydrogen) atoms. The second-order valence-electron chi connectivity index (χ2n) is 3.08. The van der Waals surface area contributed by atoms with E-state index in [1.807, 2.05) is 11.9 Å². The number of hydrogen-bond acceptors (Lipinski definition) is 4. The molecule has 0 amide bonds. The van der Waals surface area contributed by atoms with Crippen LogP contribution < -0.4 is 21.1 Å². The van der Waals surface area contributed by atoms with Gasteiger partial charge in [-0.25, -0.2) is 0 Å². The van der Waals surface area contributed by atoms with Crippen LogP contribution in [0.4, 0.5) is 11.4 Å². The average Bonchev–Trinajstić information content (AvgIpc) is 2.24. The fourth-order valence-corrected chi connectivity index (χ4v) is 1.55. The topological polar surface area (TPSA) is 49.4 Å². The molecule has 1 aliphatic rings. The van der Waals surface area contributed by atoms with Gasteiger partial charge in [-0.1, -0.05) is 0 Å². The van der Waals surface area contributed by atoms with Gasteiger partial charge < -0.3 is 10.2 Å². The molecule has 1 aromatic carbocycles. The standard InChI is InChI=1S/C8H10N2O2/c1-10-4-2-3-9-5-6(10)8(12)7(5)11/h9H,2-4H2,1H3. The van der Waals surface area contributed by atoms with Gasteiger partial charge in [0.25, 0.3) is 10.9 Å². The van der Waals surface area contributed by atoms with Crippen molar-refractivity contribution in [3.05, 3.63) is 20.4 Å². The summed E-state index contributed by atoms with van der Waals surface area (Å²) in [4.78, 5) is 23.9. The van der Waals surface area contributed by atoms with E-state index in [-0.39, 0.29) is 10.9 Å². The van der Waals surface area contributed by atoms with E-state index >= 15 is 0 Å². The van der Waals surface area contributed by atoms with Gasteiger partial charge in [0.1, 0.15) is 11.4 Å². The summed E-state index contributed by atoms with van der Waals surface area (Å²) in [5.41, 5.74) is 0.373. The fourth-order valence-electron chi connectivity index (χ4n) is 1.55. The van der Waals surface area contributed by atoms with Gasteiger partial charge in [-0.2, -0.15) is 0 Å². The second-order valence-corrected chi connectivity index (χ2v) is 3.08. The van der Waals surface area contributed by atoms with Crippen LogP contribution in [0.15, 0.2) is 9.59 Å². The van der Waals surface area contributed by atoms with Gasteiger partial charge >= 0.3 is 0 Å². The van der Waals surface area contributed by atoms with E-state index in [4.69, 9.17) is 0 Å². The predicted molar refractivity (Wildman–Crippen MR) is 47.7 cm³/mol. The molecule has 4 nitrogen and oxygen atoms in total. The Balaban J connectivity index is 2.49. The summed E-state index contributed by atoms with van der Waals surface area (Å²) in [6.07, 6.45) is 0.962. The van der Waals surface area contributed by atoms with E-state index in [2.05, 4.69) is 5.32 Å². The predicted octanol–water partition coefficient (Wildman–Crippen LogP) is -0.466. The largest absolute Gasteiger partial charge is 0.380 e. The van der Waals surface area contributed by atoms with Crippen molar-refractivity contribution in [1.82, 2.24) is 0 Å². The Bertz CT molecular complexity index is 376. The van der Waals surface area contributed by atoms with Crippen molar-refractivity contribution < 1.29 is 0 Å². The highest BCUT2D eigenvalue weighted by Crippen LogP contribution is 2.20. The SMILES string of the molecule is CN1CCCNc2c1c(=O)c2=O. The zero-order valence-electron chi connectivity index (χ0n) is 6.89. The van der Waals surface area contributed by atoms with Gasteiger partial charge in [0.05, 0.1) is 0 Å². The van der Waals surface area contributed by atoms with Crippen LogP contribution in [0.5, 0.6) is 0 Å². The lowest BCUT2D eigenvalue weighted by atomic mass is 10.2. The quantitative estimate of drug-likeness (QED) is 0.529. The van der Waals surface area contributed by atoms with Gasteiger partial charge in [-0.3, -0.25) is 9.59 Å². The van der Waals surface area contributed by atoms with E-state index in [0.29, 0.717) is 11.4 Å². The van der Waals surface area contributed by atoms with Crippen molar-refractivity contribution in [3.8, 4) is 0 Å². The highest BCUT2D eigenvalue weighted by molar-refractivity contribution is 5.75. The summed E-state index contributed by atoms with van der Waals surface area (Å²) in [5, 5.41) is 2.96. The Morgan fingerprint density at radius 3 is 2.83 bits per heavy atom. The second kappa shape index (κ2) is 2.33. The Morgan fingerprint density at radius 2 is 2.08 bits per heavy atom. The summed E-state index contributed by atoms with van der Waals surface area (Å²) in [6.45, 7) is 1.62. The van der Waals surface area contributed by atoms with Crippen LogP contribution in [-0.2, 0) is 0 Å². The summed E-state index contributed by atoms with van der Waals surface area (Å²) in [7, 11) is 1.84. The van der Waals surface area contributed by atoms with Gasteiger partial charge in [-0.15, -0.1) is 0 Å². The van der Waals surface area contributed by atoms with Gasteiger partial charge in [0, 0.05) is 20.1 Å². The molecule has 0 fully saturated rings. The van der Waals surface area contributed by atoms with E-state index in [1.165, 1.54) is 0 Å². The highest BCUT2D eigenvalue weighted by atomic mass is 16.2. The van der Waals surface area contributed by atoms with Crippen LogP contribution in [-0.4, -0.2) is 20.1 Å². The van der Waals surface area contributed by atoms with E-state index in [1.54, 1.807) is 0 Å². The van der Waals surface area contributed by atoms with Crippen LogP contribution in [0.1, 0.15) is 6.42 Å². The molecule has 4 heteroatoms. The van der Waals surface area contributed by atoms with Crippen LogP contribution in [0.2, 0.25) is 0 Å². The molecule has 2 rings (SSSR count). The van der Waals surface area contributed by atoms with Gasteiger partial charge in [0.2, 0.25) is 0 Å². The molecule has 0 spiro atoms. The zero-order valence-corrected chi connectivity index (χ0v) is 6.89. The first-order valence-corrected chi connectivity index (χ1v) is 4.00. The Morgan fingerprint density at radius 1 is 1.33 bits per heavy atom. The third-order valence-corrected chi connectivity index (χ3v) is 2.24. The maximum atomic E-state index is 11.1. The zero-order chi connectivity index (χ0) is 8.72. The average molecular weight is 166 g/mol. The molecule has 0 aliphatic carbocycles. The maximum absolute atomic E-state index is 11.1. The van der Waals surface area contributed by atoms with Gasteiger partial charge in [0.15, 0.2) is 0 Å². The summed E-state index contributed by atoms with van der Waals surface area (Å²) < 4.78 is 0. The Labute approximate surface area is 69.5 Å². The lowest BCUT2D eigenvalue weighted by molar-refractivity contribution is 0.836. The summed E-state index contributed by atoms with van der Waals surface area (Å²) in [5.74, 6) is 0. The fraction of sp³-hybridized carbons (Fsp3) is 0.500. The van der Waals surface area contributed by atoms with E-state index < -0.39 is 0 Å². The molecule has 0 saturated heterocycles. The normalized spacial score (nSPS) is 16.9. The smallest absolute Gasteiger partial charge is 0.253 e. The summed E-state index contributed by atoms with van der Waals surface area (Å²) >= 11 is 0. The molecule has 0 unspecified atom stereocenters. The molecule has 1 aromatic rings. The molecule has 0 saturated carbocycles. The molecule has 64 valence electrons. The Hall–Kier alpha value is -1.32. The first-order valence-electron chi connectivity index (χ1n) is 4.00. The van der Waals surface area contributed by atoms with Crippen LogP contribution >= 0.6 is 0 Å². The van der Waals surface area contributed by atoms with Gasteiger partial charge in [-0.05, 0) is 6.42 Å². The number of rotatable bonds is 0. The van der Waals surface area contributed by atoms with Crippen LogP contribution in [0, 0.1) is 0 Å². The molecule has 1 aliphatic heterocycles. The number of anilines is 2. The number of nitrogens with zero attached hydrogens (tertiary/aromatic N) is 1. The minimum Gasteiger partial charge on any atom is -0.380 e. The van der Waals surface area contributed by atoms with E-state index in [9.17, 15) is 9.59 Å². The van der Waals surface area contributed by atoms with Crippen molar-refractivity contribution in [3.63, 3.8) is 0 Å². The molecule has 0 radical (unpaired) electrons. The first-order chi connectivity index (χ1) is 5.72. The van der Waals surface area contributed by atoms with Crippen molar-refractivity contribution in [2.24, 2.45) is 0 Å². The molecular formula is C8H10N2O2. The molecule has 0 atom stereocenters. The summed E-state index contributed by atoms with van der Waals surface area (Å²) in [6, 6.07) is 0. The minimum atomic E-state index is -0.362. The molecule has 1 heterocycles. The number of hydrogen-bond donors (Lipinski definition) is 1. The molecular weight excluding hydrogens is 156 g/mol. The van der Waals surface area contributed by atoms with Crippen molar-refractivity contribution >= 4 is 11.4 Å². The van der Waals surface area contributed by atoms with Crippen molar-refractivity contribution in [2.45, 2.75) is 6.42 Å². The van der Waals surface area contributed by atoms with Crippen LogP contribution in [0.3, 0.4) is 0 Å². The Kier molecular flexibility index (Phi) is 1.43. The van der Waals surface area contributed by atoms with Crippen molar-refractivity contribution in [2.75, 3.05) is 30.4 Å². The monoisotopic (exact) mass is 166 g/mol. The maximum Gasteiger partial charge on any atom is 0.253 e. The lowest BCUT2D eigenvalue weighted by Gasteiger charge is -2.18. The minimum absolute atomic E-state index is 0.345.